The van der Waals surface area contributed by atoms with Crippen LogP contribution in [0.1, 0.15) is 37.1 Å². The smallest absolute Gasteiger partial charge is 0.793 e. The van der Waals surface area contributed by atoms with Crippen LogP contribution in [0.5, 0.6) is 0 Å². The Morgan fingerprint density at radius 2 is 1.50 bits per heavy atom. The van der Waals surface area contributed by atoms with Crippen LogP contribution in [0.15, 0.2) is 17.3 Å². The third kappa shape index (κ3) is 4.70. The maximum atomic E-state index is 10.3. The van der Waals surface area contributed by atoms with E-state index in [-0.39, 0.29) is 43.8 Å². The normalized spacial score (nSPS) is 9.56. The zero-order chi connectivity index (χ0) is 10.0. The van der Waals surface area contributed by atoms with Crippen molar-refractivity contribution in [1.82, 2.24) is 0 Å². The molecule has 16 heavy (non-hydrogen) atoms. The Morgan fingerprint density at radius 1 is 1.12 bits per heavy atom. The van der Waals surface area contributed by atoms with E-state index < -0.39 is 0 Å². The van der Waals surface area contributed by atoms with Gasteiger partial charge in [0.05, 0.1) is 0 Å². The SMILES string of the molecule is C.C.Cc1cc(C)c(C([S-])=N[O-])c(C)c1.[Sn+2]. The minimum atomic E-state index is 0. The Bertz CT molecular complexity index is 341. The second-order valence-corrected chi connectivity index (χ2v) is 3.56. The molecule has 2 nitrogen and oxygen atoms in total. The van der Waals surface area contributed by atoms with Gasteiger partial charge in [-0.25, -0.2) is 0 Å². The van der Waals surface area contributed by atoms with Crippen molar-refractivity contribution in [2.24, 2.45) is 5.16 Å². The van der Waals surface area contributed by atoms with Crippen molar-refractivity contribution in [3.8, 4) is 0 Å². The minimum Gasteiger partial charge on any atom is -0.793 e. The van der Waals surface area contributed by atoms with Crippen molar-refractivity contribution < 1.29 is 0 Å². The van der Waals surface area contributed by atoms with Gasteiger partial charge < -0.3 is 23.0 Å². The molecule has 0 saturated heterocycles. The molecule has 0 amide bonds. The molecule has 0 bridgehead atoms. The van der Waals surface area contributed by atoms with Crippen LogP contribution < -0.4 is 0 Å². The molecule has 0 fully saturated rings. The molecule has 0 heterocycles. The van der Waals surface area contributed by atoms with Crippen molar-refractivity contribution in [3.05, 3.63) is 39.6 Å². The van der Waals surface area contributed by atoms with E-state index >= 15 is 0 Å². The summed E-state index contributed by atoms with van der Waals surface area (Å²) in [7, 11) is 0. The summed E-state index contributed by atoms with van der Waals surface area (Å²) >= 11 is 4.86. The average Bonchev–Trinajstić information content (AvgIpc) is 2.02. The molecule has 88 valence electrons. The number of hydrogen-bond donors (Lipinski definition) is 0. The van der Waals surface area contributed by atoms with Crippen LogP contribution >= 0.6 is 0 Å². The van der Waals surface area contributed by atoms with Crippen molar-refractivity contribution in [2.75, 3.05) is 0 Å². The summed E-state index contributed by atoms with van der Waals surface area (Å²) in [5.41, 5.74) is 4.01. The molecule has 0 spiro atoms. The van der Waals surface area contributed by atoms with Gasteiger partial charge in [0.1, 0.15) is 0 Å². The molecule has 0 saturated carbocycles. The standard InChI is InChI=1S/C10H13NOS.2CH4.Sn/c1-6-4-7(2)9(8(3)5-6)10(13)11-12;;;/h4-5,12H,1-3H3,(H,11,13);2*1H4;/q;;;+2/p-2. The van der Waals surface area contributed by atoms with Crippen LogP contribution in [0.2, 0.25) is 0 Å². The van der Waals surface area contributed by atoms with Gasteiger partial charge in [0.15, 0.2) is 0 Å². The van der Waals surface area contributed by atoms with Crippen molar-refractivity contribution in [2.45, 2.75) is 35.6 Å². The van der Waals surface area contributed by atoms with Gasteiger partial charge in [-0.1, -0.05) is 37.6 Å². The van der Waals surface area contributed by atoms with Crippen LogP contribution in [0.4, 0.5) is 0 Å². The van der Waals surface area contributed by atoms with Gasteiger partial charge in [0.25, 0.3) is 0 Å². The van der Waals surface area contributed by atoms with Crippen molar-refractivity contribution in [3.63, 3.8) is 0 Å². The fourth-order valence-electron chi connectivity index (χ4n) is 1.56. The molecule has 4 heteroatoms. The van der Waals surface area contributed by atoms with Crippen molar-refractivity contribution >= 4 is 41.6 Å². The summed E-state index contributed by atoms with van der Waals surface area (Å²) in [4.78, 5) is 0. The molecule has 1 aromatic carbocycles. The zero-order valence-electron chi connectivity index (χ0n) is 8.42. The molecule has 0 aliphatic heterocycles. The first-order chi connectivity index (χ1) is 6.06. The molecular formula is C12H19NOSSn. The van der Waals surface area contributed by atoms with E-state index in [1.807, 2.05) is 32.9 Å². The van der Waals surface area contributed by atoms with Crippen LogP contribution in [0.3, 0.4) is 0 Å². The third-order valence-electron chi connectivity index (χ3n) is 1.97. The van der Waals surface area contributed by atoms with Gasteiger partial charge in [-0.2, -0.15) is 0 Å². The Morgan fingerprint density at radius 3 is 1.81 bits per heavy atom. The molecule has 1 rings (SSSR count). The third-order valence-corrected chi connectivity index (χ3v) is 2.25. The maximum Gasteiger partial charge on any atom is 2.00 e. The Labute approximate surface area is 122 Å². The van der Waals surface area contributed by atoms with E-state index in [1.54, 1.807) is 0 Å². The van der Waals surface area contributed by atoms with E-state index in [0.717, 1.165) is 16.7 Å². The molecule has 0 N–H and O–H groups in total. The second-order valence-electron chi connectivity index (χ2n) is 3.17. The Kier molecular flexibility index (Phi) is 11.6. The number of aryl methyl sites for hydroxylation is 3. The van der Waals surface area contributed by atoms with E-state index in [9.17, 15) is 5.21 Å². The largest absolute Gasteiger partial charge is 2.00 e. The maximum absolute atomic E-state index is 10.3. The van der Waals surface area contributed by atoms with Crippen LogP contribution in [-0.2, 0) is 12.6 Å². The number of benzene rings is 1. The Hall–Kier alpha value is -0.291. The summed E-state index contributed by atoms with van der Waals surface area (Å²) in [6.07, 6.45) is 0. The predicted molar refractivity (Wildman–Crippen MR) is 77.1 cm³/mol. The van der Waals surface area contributed by atoms with E-state index in [2.05, 4.69) is 5.16 Å². The second kappa shape index (κ2) is 8.81. The molecule has 2 radical (unpaired) electrons. The number of nitrogens with zero attached hydrogens (tertiary/aromatic N) is 1. The zero-order valence-corrected chi connectivity index (χ0v) is 12.1. The van der Waals surface area contributed by atoms with Crippen molar-refractivity contribution in [1.29, 1.82) is 0 Å². The summed E-state index contributed by atoms with van der Waals surface area (Å²) in [6, 6.07) is 4.00. The van der Waals surface area contributed by atoms with Crippen LogP contribution in [0, 0.1) is 26.0 Å². The van der Waals surface area contributed by atoms with E-state index in [0.29, 0.717) is 0 Å². The predicted octanol–water partition coefficient (Wildman–Crippen LogP) is 3.29. The fourth-order valence-corrected chi connectivity index (χ4v) is 1.88. The molecular weight excluding hydrogens is 325 g/mol. The molecule has 0 atom stereocenters. The summed E-state index contributed by atoms with van der Waals surface area (Å²) in [5.74, 6) is 0. The molecule has 0 aromatic heterocycles. The monoisotopic (exact) mass is 345 g/mol. The first-order valence-electron chi connectivity index (χ1n) is 4.02. The number of rotatable bonds is 1. The van der Waals surface area contributed by atoms with Gasteiger partial charge in [-0.15, -0.1) is 0 Å². The van der Waals surface area contributed by atoms with Gasteiger partial charge >= 0.3 is 23.9 Å². The quantitative estimate of drug-likeness (QED) is 0.258. The van der Waals surface area contributed by atoms with Gasteiger partial charge in [-0.3, -0.25) is 0 Å². The minimum absolute atomic E-state index is 0. The van der Waals surface area contributed by atoms with E-state index in [4.69, 9.17) is 12.6 Å². The molecule has 0 aliphatic carbocycles. The van der Waals surface area contributed by atoms with Gasteiger partial charge in [-0.05, 0) is 37.5 Å². The number of hydrogen-bond acceptors (Lipinski definition) is 3. The first-order valence-corrected chi connectivity index (χ1v) is 4.42. The molecule has 1 aromatic rings. The molecule has 0 unspecified atom stereocenters. The van der Waals surface area contributed by atoms with Crippen LogP contribution in [-0.4, -0.2) is 29.0 Å². The fraction of sp³-hybridized carbons (Fsp3) is 0.417. The topological polar surface area (TPSA) is 35.4 Å². The summed E-state index contributed by atoms with van der Waals surface area (Å²) in [6.45, 7) is 5.89. The van der Waals surface area contributed by atoms with Gasteiger partial charge in [0, 0.05) is 0 Å². The molecule has 0 aliphatic rings. The van der Waals surface area contributed by atoms with Crippen LogP contribution in [0.25, 0.3) is 0 Å². The summed E-state index contributed by atoms with van der Waals surface area (Å²) < 4.78 is 0. The van der Waals surface area contributed by atoms with Gasteiger partial charge in [0.2, 0.25) is 0 Å². The summed E-state index contributed by atoms with van der Waals surface area (Å²) in [5, 5.41) is 13.2. The average molecular weight is 344 g/mol. The first kappa shape index (κ1) is 21.0. The van der Waals surface area contributed by atoms with E-state index in [1.165, 1.54) is 5.56 Å². The Balaban J connectivity index is -0.000000563.